The number of esters is 1. The lowest BCUT2D eigenvalue weighted by Gasteiger charge is -2.56. The Morgan fingerprint density at radius 1 is 0.939 bits per heavy atom. The van der Waals surface area contributed by atoms with E-state index in [2.05, 4.69) is 0 Å². The van der Waals surface area contributed by atoms with Crippen molar-refractivity contribution in [2.75, 3.05) is 13.3 Å². The third-order valence-corrected chi connectivity index (χ3v) is 8.52. The number of ether oxygens (including phenoxy) is 1. The van der Waals surface area contributed by atoms with Crippen molar-refractivity contribution in [1.82, 2.24) is 9.80 Å². The maximum atomic E-state index is 13.8. The molecule has 0 aromatic heterocycles. The number of nitrogens with zero attached hydrogens (tertiary/aromatic N) is 2. The second-order valence-electron chi connectivity index (χ2n) is 10.7. The lowest BCUT2D eigenvalue weighted by Crippen LogP contribution is -2.56. The number of benzene rings is 1. The van der Waals surface area contributed by atoms with E-state index in [1.165, 1.54) is 24.2 Å². The molecule has 8 nitrogen and oxygen atoms in total. The summed E-state index contributed by atoms with van der Waals surface area (Å²) in [5.74, 6) is 0.0561. The van der Waals surface area contributed by atoms with Gasteiger partial charge in [-0.05, 0) is 68.4 Å². The molecule has 2 heterocycles. The summed E-state index contributed by atoms with van der Waals surface area (Å²) in [5.41, 5.74) is 0.154. The molecule has 1 aromatic carbocycles. The fourth-order valence-corrected chi connectivity index (χ4v) is 7.52. The Morgan fingerprint density at radius 2 is 1.48 bits per heavy atom. The number of aliphatic hydroxyl groups excluding tert-OH is 1. The first kappa shape index (κ1) is 20.8. The van der Waals surface area contributed by atoms with Crippen LogP contribution in [-0.2, 0) is 14.3 Å². The Kier molecular flexibility index (Phi) is 4.66. The van der Waals surface area contributed by atoms with Crippen molar-refractivity contribution in [3.8, 4) is 0 Å². The van der Waals surface area contributed by atoms with Gasteiger partial charge in [0.25, 0.3) is 11.8 Å². The molecule has 3 amide bonds. The minimum atomic E-state index is -0.893. The fraction of sp³-hybridized carbons (Fsp3) is 0.600. The summed E-state index contributed by atoms with van der Waals surface area (Å²) in [6.07, 6.45) is 5.57. The van der Waals surface area contributed by atoms with Crippen molar-refractivity contribution in [2.24, 2.45) is 23.2 Å². The molecular formula is C25H28N2O6. The van der Waals surface area contributed by atoms with Gasteiger partial charge in [-0.15, -0.1) is 0 Å². The minimum absolute atomic E-state index is 0.0270. The second kappa shape index (κ2) is 7.38. The number of imide groups is 1. The van der Waals surface area contributed by atoms with E-state index < -0.39 is 42.1 Å². The number of aliphatic hydroxyl groups is 1. The number of hydrogen-bond donors (Lipinski definition) is 1. The van der Waals surface area contributed by atoms with Crippen LogP contribution in [0.3, 0.4) is 0 Å². The van der Waals surface area contributed by atoms with Crippen LogP contribution in [0.4, 0.5) is 0 Å². The molecule has 4 saturated carbocycles. The molecule has 1 N–H and O–H groups in total. The standard InChI is InChI=1S/C25H28N2O6/c28-17-8-20(23(31)33-13-27-21(29)18-3-1-2-4-19(18)22(27)30)26(12-17)24(32)25-9-14-5-15(10-25)7-16(6-14)11-25/h1-4,14-17,20,28H,5-13H2/t14?,15?,16?,17?,20-,25?/m0/s1. The zero-order valence-electron chi connectivity index (χ0n) is 18.4. The van der Waals surface area contributed by atoms with Crippen LogP contribution < -0.4 is 0 Å². The lowest BCUT2D eigenvalue weighted by molar-refractivity contribution is -0.166. The Balaban J connectivity index is 1.16. The molecule has 5 fully saturated rings. The molecule has 4 bridgehead atoms. The largest absolute Gasteiger partial charge is 0.442 e. The summed E-state index contributed by atoms with van der Waals surface area (Å²) >= 11 is 0. The molecule has 0 radical (unpaired) electrons. The Hall–Kier alpha value is -2.74. The molecule has 6 aliphatic rings. The van der Waals surface area contributed by atoms with Gasteiger partial charge in [-0.25, -0.2) is 9.69 Å². The number of fused-ring (bicyclic) bond motifs is 1. The van der Waals surface area contributed by atoms with Crippen LogP contribution >= 0.6 is 0 Å². The number of amides is 3. The molecule has 4 aliphatic carbocycles. The summed E-state index contributed by atoms with van der Waals surface area (Å²) < 4.78 is 5.37. The van der Waals surface area contributed by atoms with Crippen LogP contribution in [-0.4, -0.2) is 64.0 Å². The van der Waals surface area contributed by atoms with E-state index in [0.29, 0.717) is 17.8 Å². The van der Waals surface area contributed by atoms with Crippen LogP contribution in [0.1, 0.15) is 65.7 Å². The monoisotopic (exact) mass is 452 g/mol. The number of hydrogen-bond acceptors (Lipinski definition) is 6. The highest BCUT2D eigenvalue weighted by atomic mass is 16.5. The van der Waals surface area contributed by atoms with Crippen LogP contribution in [0.25, 0.3) is 0 Å². The number of rotatable bonds is 4. The van der Waals surface area contributed by atoms with Gasteiger partial charge in [-0.2, -0.15) is 0 Å². The zero-order chi connectivity index (χ0) is 22.9. The number of β-amino-alcohol motifs (C(OH)–C–C–N with tert-alkyl or cyclic N) is 1. The van der Waals surface area contributed by atoms with Gasteiger partial charge >= 0.3 is 5.97 Å². The highest BCUT2D eigenvalue weighted by molar-refractivity contribution is 6.21. The Morgan fingerprint density at radius 3 is 2.03 bits per heavy atom. The average Bonchev–Trinajstić information content (AvgIpc) is 3.29. The van der Waals surface area contributed by atoms with Gasteiger partial charge in [0.15, 0.2) is 6.73 Å². The van der Waals surface area contributed by atoms with Gasteiger partial charge in [0.2, 0.25) is 5.91 Å². The second-order valence-corrected chi connectivity index (χ2v) is 10.7. The number of likely N-dealkylation sites (tertiary alicyclic amines) is 1. The van der Waals surface area contributed by atoms with E-state index in [9.17, 15) is 24.3 Å². The summed E-state index contributed by atoms with van der Waals surface area (Å²) in [6, 6.07) is 5.59. The SMILES string of the molecule is O=C(OCN1C(=O)c2ccccc2C1=O)[C@@H]1CC(O)CN1C(=O)C12CC3CC(CC(C3)C1)C2. The van der Waals surface area contributed by atoms with Crippen molar-refractivity contribution < 1.29 is 29.0 Å². The quantitative estimate of drug-likeness (QED) is 0.553. The van der Waals surface area contributed by atoms with Gasteiger partial charge < -0.3 is 14.7 Å². The molecule has 7 rings (SSSR count). The Bertz CT molecular complexity index is 981. The maximum absolute atomic E-state index is 13.8. The van der Waals surface area contributed by atoms with Gasteiger partial charge in [0.1, 0.15) is 6.04 Å². The van der Waals surface area contributed by atoms with Crippen molar-refractivity contribution in [3.63, 3.8) is 0 Å². The molecule has 8 heteroatoms. The van der Waals surface area contributed by atoms with Crippen LogP contribution in [0.5, 0.6) is 0 Å². The summed E-state index contributed by atoms with van der Waals surface area (Å²) in [6.45, 7) is -0.384. The molecule has 1 aromatic rings. The van der Waals surface area contributed by atoms with Crippen LogP contribution in [0, 0.1) is 23.2 Å². The zero-order valence-corrected chi connectivity index (χ0v) is 18.4. The van der Waals surface area contributed by atoms with Crippen molar-refractivity contribution in [2.45, 2.75) is 57.1 Å². The first-order chi connectivity index (χ1) is 15.8. The van der Waals surface area contributed by atoms with E-state index in [0.717, 1.165) is 24.2 Å². The fourth-order valence-electron chi connectivity index (χ4n) is 7.52. The summed E-state index contributed by atoms with van der Waals surface area (Å²) in [5, 5.41) is 10.3. The normalized spacial score (nSPS) is 36.5. The van der Waals surface area contributed by atoms with E-state index in [1.807, 2.05) is 0 Å². The average molecular weight is 453 g/mol. The van der Waals surface area contributed by atoms with E-state index in [1.54, 1.807) is 24.3 Å². The van der Waals surface area contributed by atoms with E-state index in [-0.39, 0.29) is 30.0 Å². The van der Waals surface area contributed by atoms with E-state index >= 15 is 0 Å². The molecule has 1 saturated heterocycles. The number of carbonyl (C=O) groups excluding carboxylic acids is 4. The number of carbonyl (C=O) groups is 4. The molecule has 33 heavy (non-hydrogen) atoms. The van der Waals surface area contributed by atoms with Crippen molar-refractivity contribution >= 4 is 23.7 Å². The van der Waals surface area contributed by atoms with Crippen molar-refractivity contribution in [3.05, 3.63) is 35.4 Å². The van der Waals surface area contributed by atoms with Gasteiger partial charge in [-0.3, -0.25) is 14.4 Å². The first-order valence-electron chi connectivity index (χ1n) is 12.0. The topological polar surface area (TPSA) is 104 Å². The van der Waals surface area contributed by atoms with Crippen LogP contribution in [0.2, 0.25) is 0 Å². The van der Waals surface area contributed by atoms with Gasteiger partial charge in [0.05, 0.1) is 22.6 Å². The van der Waals surface area contributed by atoms with E-state index in [4.69, 9.17) is 4.74 Å². The lowest BCUT2D eigenvalue weighted by atomic mass is 9.49. The minimum Gasteiger partial charge on any atom is -0.442 e. The van der Waals surface area contributed by atoms with Crippen LogP contribution in [0.15, 0.2) is 24.3 Å². The molecule has 2 atom stereocenters. The smallest absolute Gasteiger partial charge is 0.330 e. The predicted molar refractivity (Wildman–Crippen MR) is 115 cm³/mol. The van der Waals surface area contributed by atoms with Crippen molar-refractivity contribution in [1.29, 1.82) is 0 Å². The predicted octanol–water partition coefficient (Wildman–Crippen LogP) is 1.96. The summed E-state index contributed by atoms with van der Waals surface area (Å²) in [4.78, 5) is 54.2. The van der Waals surface area contributed by atoms with Gasteiger partial charge in [0, 0.05) is 13.0 Å². The molecule has 1 unspecified atom stereocenters. The molecular weight excluding hydrogens is 424 g/mol. The maximum Gasteiger partial charge on any atom is 0.330 e. The molecule has 0 spiro atoms. The highest BCUT2D eigenvalue weighted by Crippen LogP contribution is 2.60. The molecule has 174 valence electrons. The highest BCUT2D eigenvalue weighted by Gasteiger charge is 2.57. The third-order valence-electron chi connectivity index (χ3n) is 8.52. The van der Waals surface area contributed by atoms with Gasteiger partial charge in [-0.1, -0.05) is 12.1 Å². The summed E-state index contributed by atoms with van der Waals surface area (Å²) in [7, 11) is 0. The first-order valence-corrected chi connectivity index (χ1v) is 12.0. The Labute approximate surface area is 191 Å². The molecule has 2 aliphatic heterocycles. The third kappa shape index (κ3) is 3.21.